The van der Waals surface area contributed by atoms with Crippen LogP contribution in [-0.2, 0) is 29.2 Å². The molecule has 236 valence electrons. The van der Waals surface area contributed by atoms with Crippen molar-refractivity contribution in [3.05, 3.63) is 95.0 Å². The minimum Gasteiger partial charge on any atom is -0.291 e. The highest BCUT2D eigenvalue weighted by molar-refractivity contribution is 7.89. The molecule has 6 rings (SSSR count). The molecular weight excluding hydrogens is 612 g/mol. The summed E-state index contributed by atoms with van der Waals surface area (Å²) in [5.74, 6) is -0.891. The summed E-state index contributed by atoms with van der Waals surface area (Å²) < 4.78 is 85.6. The predicted octanol–water partition coefficient (Wildman–Crippen LogP) is 5.71. The fraction of sp³-hybridized carbons (Fsp3) is 0.355. The third-order valence-corrected chi connectivity index (χ3v) is 10.6. The van der Waals surface area contributed by atoms with Crippen molar-refractivity contribution in [3.63, 3.8) is 0 Å². The quantitative estimate of drug-likeness (QED) is 0.180. The first-order chi connectivity index (χ1) is 21.4. The number of Topliss-reactive ketones (excluding diaryl/α,β-unsaturated/α-hetero) is 1. The Labute approximate surface area is 257 Å². The third kappa shape index (κ3) is 5.39. The topological polar surface area (TPSA) is 103 Å². The predicted molar refractivity (Wildman–Crippen MR) is 156 cm³/mol. The normalized spacial score (nSPS) is 20.1. The molecule has 0 spiro atoms. The van der Waals surface area contributed by atoms with Gasteiger partial charge in [-0.15, -0.1) is 0 Å². The van der Waals surface area contributed by atoms with Gasteiger partial charge in [0.25, 0.3) is 10.0 Å². The third-order valence-electron chi connectivity index (χ3n) is 8.70. The summed E-state index contributed by atoms with van der Waals surface area (Å²) >= 11 is 0. The van der Waals surface area contributed by atoms with Crippen LogP contribution >= 0.6 is 0 Å². The summed E-state index contributed by atoms with van der Waals surface area (Å²) in [5, 5.41) is 8.62. The van der Waals surface area contributed by atoms with E-state index in [0.717, 1.165) is 12.1 Å². The summed E-state index contributed by atoms with van der Waals surface area (Å²) in [6.07, 6.45) is 2.04. The van der Waals surface area contributed by atoms with Crippen molar-refractivity contribution in [2.45, 2.75) is 63.3 Å². The van der Waals surface area contributed by atoms with Crippen LogP contribution in [0.1, 0.15) is 60.4 Å². The van der Waals surface area contributed by atoms with Crippen LogP contribution in [0.5, 0.6) is 0 Å². The summed E-state index contributed by atoms with van der Waals surface area (Å²) in [6.45, 7) is 4.18. The van der Waals surface area contributed by atoms with E-state index in [2.05, 4.69) is 15.2 Å². The lowest BCUT2D eigenvalue weighted by atomic mass is 9.60. The maximum atomic E-state index is 14.4. The molecule has 2 aliphatic rings. The lowest BCUT2D eigenvalue weighted by Gasteiger charge is -2.46. The number of aromatic nitrogens is 5. The average molecular weight is 643 g/mol. The zero-order valence-electron chi connectivity index (χ0n) is 24.5. The van der Waals surface area contributed by atoms with Gasteiger partial charge in [-0.3, -0.25) is 14.5 Å². The van der Waals surface area contributed by atoms with Gasteiger partial charge in [0.05, 0.1) is 28.6 Å². The van der Waals surface area contributed by atoms with Crippen LogP contribution in [0, 0.1) is 11.2 Å². The highest BCUT2D eigenvalue weighted by Gasteiger charge is 2.51. The minimum absolute atomic E-state index is 0.0864. The van der Waals surface area contributed by atoms with Crippen LogP contribution in [0.15, 0.2) is 71.7 Å². The van der Waals surface area contributed by atoms with Crippen molar-refractivity contribution in [1.29, 1.82) is 0 Å². The molecule has 0 unspecified atom stereocenters. The van der Waals surface area contributed by atoms with E-state index >= 15 is 0 Å². The monoisotopic (exact) mass is 642 g/mol. The van der Waals surface area contributed by atoms with E-state index in [0.29, 0.717) is 48.1 Å². The molecule has 0 bridgehead atoms. The lowest BCUT2D eigenvalue weighted by Crippen LogP contribution is -2.50. The molecule has 3 aromatic heterocycles. The maximum Gasteiger partial charge on any atom is 0.417 e. The van der Waals surface area contributed by atoms with E-state index in [4.69, 9.17) is 0 Å². The summed E-state index contributed by atoms with van der Waals surface area (Å²) in [7, 11) is -4.03. The number of aryl methyl sites for hydroxylation is 1. The molecule has 1 fully saturated rings. The van der Waals surface area contributed by atoms with E-state index in [1.165, 1.54) is 27.2 Å². The van der Waals surface area contributed by atoms with Crippen LogP contribution in [0.2, 0.25) is 0 Å². The van der Waals surface area contributed by atoms with Crippen LogP contribution < -0.4 is 0 Å². The lowest BCUT2D eigenvalue weighted by molar-refractivity contribution is -0.137. The fourth-order valence-corrected chi connectivity index (χ4v) is 8.05. The number of sulfonamides is 1. The number of halogens is 4. The SMILES string of the molecule is CCN([C@H]1CCC2=Cc3c(cnn3-c3ccc(F)cc3)C[C@]2(C(=O)c2ccc(C(F)(F)F)cn2)C1)S(=O)(=O)c1ccn(CC)n1. The molecule has 0 amide bonds. The summed E-state index contributed by atoms with van der Waals surface area (Å²) in [6, 6.07) is 8.55. The second-order valence-electron chi connectivity index (χ2n) is 11.2. The van der Waals surface area contributed by atoms with E-state index < -0.39 is 44.8 Å². The summed E-state index contributed by atoms with van der Waals surface area (Å²) in [5.41, 5.74) is 0.309. The Bertz CT molecular complexity index is 1880. The van der Waals surface area contributed by atoms with Gasteiger partial charge in [-0.2, -0.15) is 27.7 Å². The van der Waals surface area contributed by atoms with Crippen LogP contribution in [0.3, 0.4) is 0 Å². The molecule has 1 aromatic carbocycles. The highest BCUT2D eigenvalue weighted by Crippen LogP contribution is 2.51. The molecule has 9 nitrogen and oxygen atoms in total. The molecule has 0 N–H and O–H groups in total. The van der Waals surface area contributed by atoms with Crippen molar-refractivity contribution in [3.8, 4) is 5.69 Å². The maximum absolute atomic E-state index is 14.4. The average Bonchev–Trinajstić information content (AvgIpc) is 3.67. The van der Waals surface area contributed by atoms with Gasteiger partial charge in [0, 0.05) is 31.5 Å². The molecule has 2 atom stereocenters. The summed E-state index contributed by atoms with van der Waals surface area (Å²) in [4.78, 5) is 18.3. The second kappa shape index (κ2) is 11.3. The standard InChI is InChI=1S/C31H30F4N6O3S/c1-3-39-14-13-28(38-39)45(43,44)40(4-2)25-9-5-21-15-27-20(18-37-41(27)24-10-7-23(32)8-11-24)16-30(21,17-25)29(42)26-12-6-22(19-36-26)31(33,34)35/h6-8,10-15,18-19,25H,3-5,9,16-17H2,1-2H3/t25-,30-/m0/s1. The number of carbonyl (C=O) groups excluding carboxylic acids is 1. The Hall–Kier alpha value is -4.17. The second-order valence-corrected chi connectivity index (χ2v) is 13.1. The largest absolute Gasteiger partial charge is 0.417 e. The number of ketones is 1. The number of allylic oxidation sites excluding steroid dienone is 1. The van der Waals surface area contributed by atoms with E-state index in [1.807, 2.05) is 13.0 Å². The number of hydrogen-bond acceptors (Lipinski definition) is 6. The molecule has 0 aliphatic heterocycles. The van der Waals surface area contributed by atoms with Crippen molar-refractivity contribution >= 4 is 21.9 Å². The van der Waals surface area contributed by atoms with Gasteiger partial charge in [-0.25, -0.2) is 17.5 Å². The number of alkyl halides is 3. The number of nitrogens with zero attached hydrogens (tertiary/aromatic N) is 6. The molecular formula is C31H30F4N6O3S. The Morgan fingerprint density at radius 1 is 1.09 bits per heavy atom. The van der Waals surface area contributed by atoms with Gasteiger partial charge in [0.2, 0.25) is 0 Å². The van der Waals surface area contributed by atoms with Crippen LogP contribution in [0.4, 0.5) is 17.6 Å². The van der Waals surface area contributed by atoms with Crippen molar-refractivity contribution in [2.24, 2.45) is 5.41 Å². The van der Waals surface area contributed by atoms with Crippen molar-refractivity contribution < 1.29 is 30.8 Å². The number of benzene rings is 1. The minimum atomic E-state index is -4.62. The molecule has 3 heterocycles. The molecule has 0 radical (unpaired) electrons. The molecule has 0 saturated heterocycles. The van der Waals surface area contributed by atoms with E-state index in [-0.39, 0.29) is 30.1 Å². The van der Waals surface area contributed by atoms with Gasteiger partial charge in [0.15, 0.2) is 10.8 Å². The Kier molecular flexibility index (Phi) is 7.76. The van der Waals surface area contributed by atoms with Crippen LogP contribution in [-0.4, -0.2) is 55.6 Å². The number of hydrogen-bond donors (Lipinski definition) is 0. The van der Waals surface area contributed by atoms with Crippen molar-refractivity contribution in [2.75, 3.05) is 6.54 Å². The smallest absolute Gasteiger partial charge is 0.291 e. The van der Waals surface area contributed by atoms with E-state index in [9.17, 15) is 30.8 Å². The number of carbonyl (C=O) groups is 1. The van der Waals surface area contributed by atoms with Gasteiger partial charge in [0.1, 0.15) is 11.5 Å². The Morgan fingerprint density at radius 3 is 2.47 bits per heavy atom. The van der Waals surface area contributed by atoms with Gasteiger partial charge >= 0.3 is 6.18 Å². The van der Waals surface area contributed by atoms with Gasteiger partial charge in [-0.1, -0.05) is 12.5 Å². The van der Waals surface area contributed by atoms with Gasteiger partial charge < -0.3 is 0 Å². The molecule has 2 aliphatic carbocycles. The molecule has 14 heteroatoms. The van der Waals surface area contributed by atoms with Crippen molar-refractivity contribution in [1.82, 2.24) is 28.9 Å². The number of pyridine rings is 1. The first kappa shape index (κ1) is 30.8. The Morgan fingerprint density at radius 2 is 1.84 bits per heavy atom. The first-order valence-electron chi connectivity index (χ1n) is 14.5. The zero-order chi connectivity index (χ0) is 32.1. The molecule has 4 aromatic rings. The first-order valence-corrected chi connectivity index (χ1v) is 16.0. The highest BCUT2D eigenvalue weighted by atomic mass is 32.2. The zero-order valence-corrected chi connectivity index (χ0v) is 25.3. The number of fused-ring (bicyclic) bond motifs is 2. The molecule has 1 saturated carbocycles. The molecule has 45 heavy (non-hydrogen) atoms. The Balaban J connectivity index is 1.42. The van der Waals surface area contributed by atoms with E-state index in [1.54, 1.807) is 36.1 Å². The van der Waals surface area contributed by atoms with Crippen LogP contribution in [0.25, 0.3) is 11.8 Å². The fourth-order valence-electron chi connectivity index (χ4n) is 6.46. The van der Waals surface area contributed by atoms with Gasteiger partial charge in [-0.05, 0) is 86.7 Å². The number of rotatable bonds is 8.